The number of esters is 2. The zero-order valence-electron chi connectivity index (χ0n) is 16.9. The largest absolute Gasteiger partial charge is 0.462 e. The molecule has 0 saturated heterocycles. The minimum absolute atomic E-state index is 0.0994. The standard InChI is InChI=1S/C15H24O5.C5H10O/c1-9(2)14(17)19-8-11-5-6-13(12(16)7-11)20-15(18)10(3)4;1-4(2)5(3)6/h10-13,16H,1,5-8H2,2-4H3;4H,1-3H3. The van der Waals surface area contributed by atoms with Crippen molar-refractivity contribution in [3.8, 4) is 0 Å². The molecule has 0 radical (unpaired) electrons. The highest BCUT2D eigenvalue weighted by Gasteiger charge is 2.32. The number of Topliss-reactive ketones (excluding diaryl/α,β-unsaturated/α-hetero) is 1. The monoisotopic (exact) mass is 370 g/mol. The van der Waals surface area contributed by atoms with E-state index in [1.165, 1.54) is 0 Å². The Kier molecular flexibility index (Phi) is 11.1. The first kappa shape index (κ1) is 24.3. The average molecular weight is 370 g/mol. The van der Waals surface area contributed by atoms with Gasteiger partial charge >= 0.3 is 11.9 Å². The lowest BCUT2D eigenvalue weighted by molar-refractivity contribution is -0.163. The van der Waals surface area contributed by atoms with Crippen molar-refractivity contribution in [2.45, 2.75) is 73.0 Å². The Balaban J connectivity index is 0.000000896. The van der Waals surface area contributed by atoms with Gasteiger partial charge in [-0.05, 0) is 39.0 Å². The lowest BCUT2D eigenvalue weighted by atomic mass is 9.85. The second-order valence-electron chi connectivity index (χ2n) is 7.52. The molecule has 3 unspecified atom stereocenters. The zero-order valence-corrected chi connectivity index (χ0v) is 16.9. The highest BCUT2D eigenvalue weighted by molar-refractivity contribution is 5.86. The Labute approximate surface area is 156 Å². The van der Waals surface area contributed by atoms with E-state index in [4.69, 9.17) is 9.47 Å². The topological polar surface area (TPSA) is 89.9 Å². The summed E-state index contributed by atoms with van der Waals surface area (Å²) in [4.78, 5) is 33.0. The zero-order chi connectivity index (χ0) is 20.4. The predicted octanol–water partition coefficient (Wildman–Crippen LogP) is 3.07. The Morgan fingerprint density at radius 2 is 1.62 bits per heavy atom. The van der Waals surface area contributed by atoms with Crippen molar-refractivity contribution < 1.29 is 29.0 Å². The summed E-state index contributed by atoms with van der Waals surface area (Å²) in [6.45, 7) is 14.3. The quantitative estimate of drug-likeness (QED) is 0.571. The summed E-state index contributed by atoms with van der Waals surface area (Å²) in [6, 6.07) is 0. The molecule has 0 aromatic heterocycles. The highest BCUT2D eigenvalue weighted by Crippen LogP contribution is 2.27. The van der Waals surface area contributed by atoms with Gasteiger partial charge < -0.3 is 14.6 Å². The third-order valence-corrected chi connectivity index (χ3v) is 4.21. The maximum Gasteiger partial charge on any atom is 0.333 e. The van der Waals surface area contributed by atoms with E-state index in [9.17, 15) is 19.5 Å². The molecular weight excluding hydrogens is 336 g/mol. The van der Waals surface area contributed by atoms with Gasteiger partial charge in [-0.1, -0.05) is 34.3 Å². The predicted molar refractivity (Wildman–Crippen MR) is 99.4 cm³/mol. The molecule has 0 aliphatic heterocycles. The van der Waals surface area contributed by atoms with Crippen molar-refractivity contribution in [1.29, 1.82) is 0 Å². The van der Waals surface area contributed by atoms with Crippen LogP contribution in [0.15, 0.2) is 12.2 Å². The molecule has 0 amide bonds. The van der Waals surface area contributed by atoms with Gasteiger partial charge in [-0.25, -0.2) is 4.79 Å². The van der Waals surface area contributed by atoms with E-state index in [2.05, 4.69) is 6.58 Å². The third-order valence-electron chi connectivity index (χ3n) is 4.21. The average Bonchev–Trinajstić information content (AvgIpc) is 2.54. The van der Waals surface area contributed by atoms with Gasteiger partial charge in [-0.2, -0.15) is 0 Å². The summed E-state index contributed by atoms with van der Waals surface area (Å²) < 4.78 is 10.4. The van der Waals surface area contributed by atoms with Crippen molar-refractivity contribution in [1.82, 2.24) is 0 Å². The van der Waals surface area contributed by atoms with Crippen LogP contribution < -0.4 is 0 Å². The molecule has 1 fully saturated rings. The number of rotatable bonds is 6. The summed E-state index contributed by atoms with van der Waals surface area (Å²) in [5, 5.41) is 10.0. The first-order valence-corrected chi connectivity index (χ1v) is 9.17. The van der Waals surface area contributed by atoms with Crippen LogP contribution in [0.5, 0.6) is 0 Å². The molecule has 1 aliphatic rings. The van der Waals surface area contributed by atoms with E-state index in [0.717, 1.165) is 6.42 Å². The summed E-state index contributed by atoms with van der Waals surface area (Å²) in [6.07, 6.45) is 0.684. The first-order chi connectivity index (χ1) is 12.0. The molecule has 6 heteroatoms. The lowest BCUT2D eigenvalue weighted by Gasteiger charge is -2.32. The summed E-state index contributed by atoms with van der Waals surface area (Å²) in [5.74, 6) is -0.326. The maximum atomic E-state index is 11.5. The number of hydrogen-bond acceptors (Lipinski definition) is 6. The Morgan fingerprint density at radius 1 is 1.08 bits per heavy atom. The minimum Gasteiger partial charge on any atom is -0.462 e. The number of aliphatic hydroxyl groups is 1. The molecular formula is C20H34O6. The van der Waals surface area contributed by atoms with Gasteiger partial charge in [0.15, 0.2) is 0 Å². The fourth-order valence-electron chi connectivity index (χ4n) is 2.09. The van der Waals surface area contributed by atoms with E-state index in [0.29, 0.717) is 18.4 Å². The van der Waals surface area contributed by atoms with Crippen molar-refractivity contribution in [3.05, 3.63) is 12.2 Å². The Hall–Kier alpha value is -1.69. The first-order valence-electron chi connectivity index (χ1n) is 9.17. The number of carbonyl (C=O) groups excluding carboxylic acids is 3. The van der Waals surface area contributed by atoms with Gasteiger partial charge in [0.2, 0.25) is 0 Å². The molecule has 1 rings (SSSR count). The minimum atomic E-state index is -0.694. The Morgan fingerprint density at radius 3 is 2.00 bits per heavy atom. The SMILES string of the molecule is C=C(C)C(=O)OCC1CCC(OC(=O)C(C)C)C(O)C1.CC(=O)C(C)C. The van der Waals surface area contributed by atoms with Gasteiger partial charge in [-0.3, -0.25) is 9.59 Å². The van der Waals surface area contributed by atoms with Crippen molar-refractivity contribution in [2.75, 3.05) is 6.61 Å². The Bertz CT molecular complexity index is 495. The van der Waals surface area contributed by atoms with E-state index < -0.39 is 18.2 Å². The van der Waals surface area contributed by atoms with E-state index >= 15 is 0 Å². The van der Waals surface area contributed by atoms with Crippen molar-refractivity contribution in [3.63, 3.8) is 0 Å². The van der Waals surface area contributed by atoms with Crippen LogP contribution >= 0.6 is 0 Å². The molecule has 150 valence electrons. The van der Waals surface area contributed by atoms with Crippen LogP contribution in [0.1, 0.15) is 60.8 Å². The molecule has 0 aromatic rings. The van der Waals surface area contributed by atoms with Crippen molar-refractivity contribution in [2.24, 2.45) is 17.8 Å². The van der Waals surface area contributed by atoms with Crippen LogP contribution in [-0.4, -0.2) is 41.6 Å². The third kappa shape index (κ3) is 9.70. The molecule has 1 aliphatic carbocycles. The van der Waals surface area contributed by atoms with Crippen LogP contribution in [0.4, 0.5) is 0 Å². The smallest absolute Gasteiger partial charge is 0.333 e. The number of ketones is 1. The van der Waals surface area contributed by atoms with Crippen LogP contribution in [0.2, 0.25) is 0 Å². The molecule has 0 bridgehead atoms. The second kappa shape index (κ2) is 11.8. The fourth-order valence-corrected chi connectivity index (χ4v) is 2.09. The molecule has 1 saturated carbocycles. The number of ether oxygens (including phenoxy) is 2. The fraction of sp³-hybridized carbons (Fsp3) is 0.750. The number of aliphatic hydroxyl groups excluding tert-OH is 1. The molecule has 1 N–H and O–H groups in total. The van der Waals surface area contributed by atoms with Crippen LogP contribution in [0, 0.1) is 17.8 Å². The molecule has 6 nitrogen and oxygen atoms in total. The molecule has 0 aromatic carbocycles. The molecule has 3 atom stereocenters. The van der Waals surface area contributed by atoms with Gasteiger partial charge in [0.1, 0.15) is 11.9 Å². The van der Waals surface area contributed by atoms with Crippen LogP contribution in [0.25, 0.3) is 0 Å². The lowest BCUT2D eigenvalue weighted by Crippen LogP contribution is -2.39. The molecule has 0 heterocycles. The maximum absolute atomic E-state index is 11.5. The molecule has 0 spiro atoms. The van der Waals surface area contributed by atoms with Gasteiger partial charge in [-0.15, -0.1) is 0 Å². The summed E-state index contributed by atoms with van der Waals surface area (Å²) in [7, 11) is 0. The van der Waals surface area contributed by atoms with Crippen molar-refractivity contribution >= 4 is 17.7 Å². The van der Waals surface area contributed by atoms with E-state index in [-0.39, 0.29) is 36.1 Å². The normalized spacial score (nSPS) is 22.3. The van der Waals surface area contributed by atoms with Gasteiger partial charge in [0.25, 0.3) is 0 Å². The van der Waals surface area contributed by atoms with Crippen LogP contribution in [0.3, 0.4) is 0 Å². The highest BCUT2D eigenvalue weighted by atomic mass is 16.6. The summed E-state index contributed by atoms with van der Waals surface area (Å²) in [5.41, 5.74) is 0.366. The van der Waals surface area contributed by atoms with E-state index in [1.54, 1.807) is 27.7 Å². The second-order valence-corrected chi connectivity index (χ2v) is 7.52. The summed E-state index contributed by atoms with van der Waals surface area (Å²) >= 11 is 0. The van der Waals surface area contributed by atoms with Gasteiger partial charge in [0.05, 0.1) is 18.6 Å². The van der Waals surface area contributed by atoms with E-state index in [1.807, 2.05) is 13.8 Å². The number of hydrogen-bond donors (Lipinski definition) is 1. The van der Waals surface area contributed by atoms with Crippen LogP contribution in [-0.2, 0) is 23.9 Å². The number of carbonyl (C=O) groups is 3. The molecule has 26 heavy (non-hydrogen) atoms. The van der Waals surface area contributed by atoms with Gasteiger partial charge in [0, 0.05) is 11.5 Å².